The normalized spacial score (nSPS) is 10.6. The Kier molecular flexibility index (Phi) is 16.0. The quantitative estimate of drug-likeness (QED) is 0.0753. The van der Waals surface area contributed by atoms with Gasteiger partial charge in [0.15, 0.2) is 5.16 Å². The van der Waals surface area contributed by atoms with Crippen molar-refractivity contribution in [3.63, 3.8) is 0 Å². The Labute approximate surface area is 331 Å². The molecule has 0 amide bonds. The summed E-state index contributed by atoms with van der Waals surface area (Å²) in [5, 5.41) is 81.5. The van der Waals surface area contributed by atoms with Crippen molar-refractivity contribution in [3.05, 3.63) is 139 Å². The molecule has 58 heavy (non-hydrogen) atoms. The molecule has 2 N–H and O–H groups in total. The lowest BCUT2D eigenvalue weighted by molar-refractivity contribution is -0.404. The van der Waals surface area contributed by atoms with Gasteiger partial charge in [-0.25, -0.2) is 4.98 Å². The molecule has 0 radical (unpaired) electrons. The third kappa shape index (κ3) is 11.6. The Morgan fingerprint density at radius 1 is 0.638 bits per heavy atom. The van der Waals surface area contributed by atoms with Gasteiger partial charge in [-0.1, -0.05) is 63.2 Å². The number of benzene rings is 4. The molecule has 0 unspecified atom stereocenters. The molecule has 24 heteroatoms. The highest BCUT2D eigenvalue weighted by atomic mass is 32.2. The summed E-state index contributed by atoms with van der Waals surface area (Å²) in [6, 6.07) is 19.2. The van der Waals surface area contributed by atoms with Crippen LogP contribution in [0.1, 0.15) is 32.8 Å². The van der Waals surface area contributed by atoms with Crippen molar-refractivity contribution >= 4 is 56.9 Å². The first-order valence-corrected chi connectivity index (χ1v) is 17.8. The van der Waals surface area contributed by atoms with Crippen molar-refractivity contribution in [2.75, 3.05) is 19.6 Å². The van der Waals surface area contributed by atoms with Crippen LogP contribution in [0.4, 0.5) is 34.1 Å². The summed E-state index contributed by atoms with van der Waals surface area (Å²) in [7, 11) is 0. The van der Waals surface area contributed by atoms with Crippen LogP contribution in [0, 0.1) is 60.7 Å². The predicted octanol–water partition coefficient (Wildman–Crippen LogP) is 7.72. The standard InChI is InChI=1S/C22H29N3S.2C6H3N3O7/c1-4-9-18-12-14-19(15-13-18)26-22-23-20-10-7-8-11-21(20)25(22)17-16-24(5-2)6-3;2*10-6-4(8(13)14)1-3(7(11)12)2-5(6)9(15)16/h7-8,10-15H,4-6,9,16-17H2,1-3H3;2*1-2,10H. The summed E-state index contributed by atoms with van der Waals surface area (Å²) >= 11 is 1.77. The maximum atomic E-state index is 10.4. The lowest BCUT2D eigenvalue weighted by Gasteiger charge is -2.19. The zero-order valence-electron chi connectivity index (χ0n) is 30.9. The molecule has 0 spiro atoms. The molecular formula is C34H35N9O14S. The number of hydrogen-bond donors (Lipinski definition) is 2. The highest BCUT2D eigenvalue weighted by Gasteiger charge is 2.31. The first-order chi connectivity index (χ1) is 27.4. The molecule has 0 aliphatic rings. The van der Waals surface area contributed by atoms with Gasteiger partial charge in [0, 0.05) is 18.0 Å². The molecule has 5 rings (SSSR count). The number of para-hydroxylation sites is 2. The maximum absolute atomic E-state index is 10.4. The van der Waals surface area contributed by atoms with Crippen molar-refractivity contribution in [1.82, 2.24) is 14.5 Å². The molecule has 5 aromatic rings. The summed E-state index contributed by atoms with van der Waals surface area (Å²) in [5.41, 5.74) is -2.29. The molecule has 0 saturated carbocycles. The van der Waals surface area contributed by atoms with Crippen LogP contribution in [-0.2, 0) is 13.0 Å². The minimum absolute atomic E-state index is 0.447. The SMILES string of the molecule is CCCc1ccc(Sc2nc3ccccc3n2CCN(CC)CC)cc1.O=[N+]([O-])c1cc([N+](=O)[O-])c(O)c([N+](=O)[O-])c1.O=[N+]([O-])c1cc([N+](=O)[O-])c(O)c([N+](=O)[O-])c1. The number of aryl methyl sites for hydroxylation is 1. The molecule has 0 saturated heterocycles. The van der Waals surface area contributed by atoms with Crippen LogP contribution in [0.15, 0.2) is 82.8 Å². The van der Waals surface area contributed by atoms with Gasteiger partial charge in [-0.3, -0.25) is 60.7 Å². The van der Waals surface area contributed by atoms with Crippen LogP contribution in [0.2, 0.25) is 0 Å². The van der Waals surface area contributed by atoms with E-state index in [1.807, 2.05) is 0 Å². The first-order valence-electron chi connectivity index (χ1n) is 17.0. The third-order valence-corrected chi connectivity index (χ3v) is 9.14. The van der Waals surface area contributed by atoms with Gasteiger partial charge in [0.25, 0.3) is 22.9 Å². The van der Waals surface area contributed by atoms with Crippen LogP contribution in [0.25, 0.3) is 11.0 Å². The van der Waals surface area contributed by atoms with E-state index in [0.717, 1.165) is 43.3 Å². The van der Waals surface area contributed by atoms with Gasteiger partial charge in [0.1, 0.15) is 0 Å². The average molecular weight is 826 g/mol. The molecule has 4 aromatic carbocycles. The highest BCUT2D eigenvalue weighted by Crippen LogP contribution is 2.40. The lowest BCUT2D eigenvalue weighted by atomic mass is 10.1. The number of nitro groups is 6. The molecule has 1 aromatic heterocycles. The second kappa shape index (κ2) is 20.5. The average Bonchev–Trinajstić information content (AvgIpc) is 3.52. The van der Waals surface area contributed by atoms with Crippen LogP contribution >= 0.6 is 11.8 Å². The van der Waals surface area contributed by atoms with Gasteiger partial charge in [-0.2, -0.15) is 0 Å². The summed E-state index contributed by atoms with van der Waals surface area (Å²) in [6.07, 6.45) is 2.33. The van der Waals surface area contributed by atoms with Gasteiger partial charge >= 0.3 is 22.7 Å². The number of nitrogens with zero attached hydrogens (tertiary/aromatic N) is 9. The number of likely N-dealkylation sites (N-methyl/N-ethyl adjacent to an activating group) is 1. The fourth-order valence-electron chi connectivity index (χ4n) is 5.19. The van der Waals surface area contributed by atoms with Crippen molar-refractivity contribution in [2.24, 2.45) is 0 Å². The van der Waals surface area contributed by atoms with Crippen molar-refractivity contribution in [2.45, 2.75) is 50.2 Å². The van der Waals surface area contributed by atoms with Crippen LogP contribution < -0.4 is 0 Å². The summed E-state index contributed by atoms with van der Waals surface area (Å²) in [6.45, 7) is 10.9. The van der Waals surface area contributed by atoms with E-state index in [1.165, 1.54) is 22.4 Å². The second-order valence-corrected chi connectivity index (χ2v) is 12.8. The number of fused-ring (bicyclic) bond motifs is 1. The number of non-ortho nitro benzene ring substituents is 2. The highest BCUT2D eigenvalue weighted by molar-refractivity contribution is 7.99. The van der Waals surface area contributed by atoms with Crippen molar-refractivity contribution in [3.8, 4) is 11.5 Å². The molecular weight excluding hydrogens is 790 g/mol. The Balaban J connectivity index is 0.000000246. The number of hydrogen-bond acceptors (Lipinski definition) is 17. The van der Waals surface area contributed by atoms with E-state index in [1.54, 1.807) is 11.8 Å². The minimum atomic E-state index is -1.21. The Morgan fingerprint density at radius 2 is 1.07 bits per heavy atom. The molecule has 0 aliphatic carbocycles. The van der Waals surface area contributed by atoms with Gasteiger partial charge < -0.3 is 19.7 Å². The van der Waals surface area contributed by atoms with Crippen molar-refractivity contribution in [1.29, 1.82) is 0 Å². The van der Waals surface area contributed by atoms with E-state index < -0.39 is 75.2 Å². The molecule has 0 atom stereocenters. The van der Waals surface area contributed by atoms with Gasteiger partial charge in [-0.05, 0) is 49.3 Å². The first kappa shape index (κ1) is 45.1. The van der Waals surface area contributed by atoms with Gasteiger partial charge in [0.2, 0.25) is 0 Å². The van der Waals surface area contributed by atoms with Crippen LogP contribution in [-0.4, -0.2) is 73.8 Å². The van der Waals surface area contributed by atoms with E-state index in [9.17, 15) is 60.7 Å². The zero-order chi connectivity index (χ0) is 43.3. The number of imidazole rings is 1. The van der Waals surface area contributed by atoms with Crippen LogP contribution in [0.3, 0.4) is 0 Å². The molecule has 0 fully saturated rings. The largest absolute Gasteiger partial charge is 0.497 e. The smallest absolute Gasteiger partial charge is 0.324 e. The fourth-order valence-corrected chi connectivity index (χ4v) is 6.12. The summed E-state index contributed by atoms with van der Waals surface area (Å²) < 4.78 is 2.37. The summed E-state index contributed by atoms with van der Waals surface area (Å²) in [5.74, 6) is -2.42. The maximum Gasteiger partial charge on any atom is 0.324 e. The second-order valence-electron chi connectivity index (χ2n) is 11.8. The monoisotopic (exact) mass is 825 g/mol. The van der Waals surface area contributed by atoms with Crippen molar-refractivity contribution < 1.29 is 39.8 Å². The predicted molar refractivity (Wildman–Crippen MR) is 208 cm³/mol. The molecule has 0 aliphatic heterocycles. The zero-order valence-corrected chi connectivity index (χ0v) is 31.7. The molecule has 0 bridgehead atoms. The number of phenols is 2. The Hall–Kier alpha value is -7.34. The fraction of sp³-hybridized carbons (Fsp3) is 0.265. The third-order valence-electron chi connectivity index (χ3n) is 8.14. The van der Waals surface area contributed by atoms with E-state index in [2.05, 4.69) is 78.8 Å². The van der Waals surface area contributed by atoms with Gasteiger partial charge in [0.05, 0.1) is 64.8 Å². The number of aromatic nitrogens is 2. The van der Waals surface area contributed by atoms with E-state index in [0.29, 0.717) is 24.3 Å². The number of nitro benzene ring substituents is 6. The van der Waals surface area contributed by atoms with E-state index >= 15 is 0 Å². The topological polar surface area (TPSA) is 320 Å². The van der Waals surface area contributed by atoms with Gasteiger partial charge in [-0.15, -0.1) is 0 Å². The lowest BCUT2D eigenvalue weighted by Crippen LogP contribution is -2.27. The Morgan fingerprint density at radius 3 is 1.45 bits per heavy atom. The van der Waals surface area contributed by atoms with Crippen LogP contribution in [0.5, 0.6) is 11.5 Å². The van der Waals surface area contributed by atoms with E-state index in [-0.39, 0.29) is 0 Å². The Bertz CT molecular complexity index is 2170. The van der Waals surface area contributed by atoms with E-state index in [4.69, 9.17) is 15.2 Å². The summed E-state index contributed by atoms with van der Waals surface area (Å²) in [4.78, 5) is 64.2. The number of rotatable bonds is 15. The molecule has 23 nitrogen and oxygen atoms in total. The molecule has 1 heterocycles. The molecule has 306 valence electrons. The number of phenolic OH excluding ortho intramolecular Hbond substituents is 2. The number of aromatic hydroxyl groups is 2. The minimum Gasteiger partial charge on any atom is -0.497 e.